The topological polar surface area (TPSA) is 104 Å². The number of carbonyl (C=O) groups is 1. The molecule has 0 aliphatic carbocycles. The van der Waals surface area contributed by atoms with Crippen molar-refractivity contribution in [1.29, 1.82) is 0 Å². The second kappa shape index (κ2) is 6.80. The van der Waals surface area contributed by atoms with Gasteiger partial charge >= 0.3 is 5.97 Å². The van der Waals surface area contributed by atoms with Gasteiger partial charge in [0.2, 0.25) is 0 Å². The third-order valence-corrected chi connectivity index (χ3v) is 4.04. The van der Waals surface area contributed by atoms with Gasteiger partial charge in [-0.15, -0.1) is 5.10 Å². The van der Waals surface area contributed by atoms with Crippen molar-refractivity contribution in [3.05, 3.63) is 40.4 Å². The van der Waals surface area contributed by atoms with Gasteiger partial charge in [0, 0.05) is 12.4 Å². The molecule has 0 saturated carbocycles. The van der Waals surface area contributed by atoms with Crippen LogP contribution in [0.2, 0.25) is 0 Å². The second-order valence-electron chi connectivity index (χ2n) is 5.77. The molecule has 0 fully saturated rings. The Labute approximate surface area is 143 Å². The first kappa shape index (κ1) is 16.7. The van der Waals surface area contributed by atoms with Crippen molar-refractivity contribution in [1.82, 2.24) is 29.6 Å². The maximum Gasteiger partial charge on any atom is 0.310 e. The number of pyridine rings is 1. The van der Waals surface area contributed by atoms with Crippen LogP contribution in [0.3, 0.4) is 0 Å². The van der Waals surface area contributed by atoms with Gasteiger partial charge in [-0.05, 0) is 35.4 Å². The number of fused-ring (bicyclic) bond motifs is 1. The van der Waals surface area contributed by atoms with E-state index in [-0.39, 0.29) is 35.6 Å². The first-order chi connectivity index (χ1) is 12.0. The highest BCUT2D eigenvalue weighted by atomic mass is 16.5. The summed E-state index contributed by atoms with van der Waals surface area (Å²) in [4.78, 5) is 28.9. The Kier molecular flexibility index (Phi) is 4.55. The van der Waals surface area contributed by atoms with Crippen molar-refractivity contribution in [2.75, 3.05) is 0 Å². The smallest absolute Gasteiger partial charge is 0.310 e. The lowest BCUT2D eigenvalue weighted by Gasteiger charge is -2.10. The molecule has 3 aromatic rings. The number of esters is 1. The van der Waals surface area contributed by atoms with Crippen molar-refractivity contribution < 1.29 is 9.53 Å². The molecule has 0 aliphatic heterocycles. The number of carbonyl (C=O) groups excluding carboxylic acids is 1. The Morgan fingerprint density at radius 3 is 2.96 bits per heavy atom. The van der Waals surface area contributed by atoms with E-state index in [0.29, 0.717) is 12.1 Å². The first-order valence-electron chi connectivity index (χ1n) is 7.93. The number of nitrogens with zero attached hydrogens (tertiary/aromatic N) is 6. The number of ether oxygens (including phenoxy) is 1. The van der Waals surface area contributed by atoms with E-state index in [0.717, 1.165) is 5.56 Å². The number of hydrogen-bond donors (Lipinski definition) is 0. The lowest BCUT2D eigenvalue weighted by atomic mass is 10.1. The Bertz CT molecular complexity index is 977. The molecule has 0 amide bonds. The molecule has 25 heavy (non-hydrogen) atoms. The fraction of sp³-hybridized carbons (Fsp3) is 0.375. The van der Waals surface area contributed by atoms with Gasteiger partial charge in [0.25, 0.3) is 5.56 Å². The third-order valence-electron chi connectivity index (χ3n) is 4.04. The minimum Gasteiger partial charge on any atom is -0.442 e. The van der Waals surface area contributed by atoms with E-state index in [4.69, 9.17) is 4.74 Å². The van der Waals surface area contributed by atoms with Gasteiger partial charge < -0.3 is 4.74 Å². The summed E-state index contributed by atoms with van der Waals surface area (Å²) in [7, 11) is 0. The van der Waals surface area contributed by atoms with Crippen LogP contribution in [0.25, 0.3) is 17.0 Å². The molecule has 9 heteroatoms. The maximum absolute atomic E-state index is 12.7. The van der Waals surface area contributed by atoms with E-state index >= 15 is 0 Å². The number of rotatable bonds is 5. The molecule has 3 heterocycles. The fourth-order valence-electron chi connectivity index (χ4n) is 2.32. The molecule has 0 spiro atoms. The Hall–Kier alpha value is -3.10. The van der Waals surface area contributed by atoms with E-state index in [1.165, 1.54) is 15.3 Å². The van der Waals surface area contributed by atoms with Crippen LogP contribution in [0, 0.1) is 12.8 Å². The summed E-state index contributed by atoms with van der Waals surface area (Å²) in [5, 5.41) is 11.2. The van der Waals surface area contributed by atoms with E-state index in [1.54, 1.807) is 19.2 Å². The third kappa shape index (κ3) is 3.12. The predicted octanol–water partition coefficient (Wildman–Crippen LogP) is 1.20. The molecule has 0 aromatic carbocycles. The van der Waals surface area contributed by atoms with Crippen LogP contribution in [0.1, 0.15) is 25.8 Å². The Morgan fingerprint density at radius 1 is 1.40 bits per heavy atom. The molecule has 0 aliphatic rings. The summed E-state index contributed by atoms with van der Waals surface area (Å²) < 4.78 is 7.90. The van der Waals surface area contributed by atoms with E-state index in [2.05, 4.69) is 20.5 Å². The highest BCUT2D eigenvalue weighted by Gasteiger charge is 2.18. The molecular formula is C16H18N6O3. The van der Waals surface area contributed by atoms with Gasteiger partial charge in [0.1, 0.15) is 11.2 Å². The quantitative estimate of drug-likeness (QED) is 0.642. The second-order valence-corrected chi connectivity index (χ2v) is 5.77. The number of tetrazole rings is 1. The normalized spacial score (nSPS) is 12.3. The summed E-state index contributed by atoms with van der Waals surface area (Å²) in [6.07, 6.45) is 3.75. The molecule has 9 nitrogen and oxygen atoms in total. The van der Waals surface area contributed by atoms with Crippen LogP contribution >= 0.6 is 0 Å². The fourth-order valence-corrected chi connectivity index (χ4v) is 2.32. The van der Waals surface area contributed by atoms with Crippen molar-refractivity contribution in [3.63, 3.8) is 0 Å². The molecule has 0 radical (unpaired) electrons. The number of aryl methyl sites for hydroxylation is 1. The van der Waals surface area contributed by atoms with Crippen LogP contribution in [-0.2, 0) is 16.3 Å². The van der Waals surface area contributed by atoms with Crippen LogP contribution in [0.5, 0.6) is 0 Å². The number of aromatic nitrogens is 6. The Balaban J connectivity index is 1.95. The van der Waals surface area contributed by atoms with Gasteiger partial charge in [0.15, 0.2) is 12.6 Å². The molecule has 0 bridgehead atoms. The average Bonchev–Trinajstić information content (AvgIpc) is 3.08. The highest BCUT2D eigenvalue weighted by Crippen LogP contribution is 2.13. The van der Waals surface area contributed by atoms with Gasteiger partial charge in [-0.1, -0.05) is 19.9 Å². The highest BCUT2D eigenvalue weighted by molar-refractivity contribution is 5.71. The van der Waals surface area contributed by atoms with E-state index in [9.17, 15) is 9.59 Å². The molecule has 1 atom stereocenters. The predicted molar refractivity (Wildman–Crippen MR) is 88.6 cm³/mol. The van der Waals surface area contributed by atoms with Crippen LogP contribution in [0.15, 0.2) is 29.3 Å². The molecule has 3 rings (SSSR count). The minimum absolute atomic E-state index is 0.165. The lowest BCUT2D eigenvalue weighted by Crippen LogP contribution is -2.21. The zero-order chi connectivity index (χ0) is 18.0. The monoisotopic (exact) mass is 342 g/mol. The van der Waals surface area contributed by atoms with Crippen molar-refractivity contribution >= 4 is 11.6 Å². The van der Waals surface area contributed by atoms with Gasteiger partial charge in [0.05, 0.1) is 5.92 Å². The molecule has 0 N–H and O–H groups in total. The molecule has 1 unspecified atom stereocenters. The SMILES string of the molecule is CCC(C)C(=O)OCn1nnnc1-c1cnc2c(C)cccn2c1=O. The molecule has 0 saturated heterocycles. The van der Waals surface area contributed by atoms with E-state index in [1.807, 2.05) is 19.9 Å². The maximum atomic E-state index is 12.7. The summed E-state index contributed by atoms with van der Waals surface area (Å²) in [5.74, 6) is -0.353. The molecule has 3 aromatic heterocycles. The largest absolute Gasteiger partial charge is 0.442 e. The summed E-state index contributed by atoms with van der Waals surface area (Å²) >= 11 is 0. The van der Waals surface area contributed by atoms with Gasteiger partial charge in [-0.2, -0.15) is 4.68 Å². The minimum atomic E-state index is -0.340. The Morgan fingerprint density at radius 2 is 2.20 bits per heavy atom. The zero-order valence-corrected chi connectivity index (χ0v) is 14.2. The average molecular weight is 342 g/mol. The summed E-state index contributed by atoms with van der Waals surface area (Å²) in [6, 6.07) is 3.64. The van der Waals surface area contributed by atoms with Crippen molar-refractivity contribution in [3.8, 4) is 11.4 Å². The molecule has 130 valence electrons. The zero-order valence-electron chi connectivity index (χ0n) is 14.2. The van der Waals surface area contributed by atoms with E-state index < -0.39 is 0 Å². The lowest BCUT2D eigenvalue weighted by molar-refractivity contribution is -0.152. The first-order valence-corrected chi connectivity index (χ1v) is 7.93. The van der Waals surface area contributed by atoms with Crippen LogP contribution in [-0.4, -0.2) is 35.6 Å². The number of hydrogen-bond acceptors (Lipinski definition) is 7. The van der Waals surface area contributed by atoms with Gasteiger partial charge in [-0.25, -0.2) is 4.98 Å². The summed E-state index contributed by atoms with van der Waals surface area (Å²) in [5.41, 5.74) is 1.39. The standard InChI is InChI=1S/C16H18N6O3/c1-4-10(2)16(24)25-9-22-14(18-19-20-22)12-8-17-13-11(3)6-5-7-21(13)15(12)23/h5-8,10H,4,9H2,1-3H3. The van der Waals surface area contributed by atoms with Crippen molar-refractivity contribution in [2.24, 2.45) is 5.92 Å². The van der Waals surface area contributed by atoms with Gasteiger partial charge in [-0.3, -0.25) is 14.0 Å². The van der Waals surface area contributed by atoms with Crippen LogP contribution in [0.4, 0.5) is 0 Å². The van der Waals surface area contributed by atoms with Crippen LogP contribution < -0.4 is 5.56 Å². The van der Waals surface area contributed by atoms with Crippen molar-refractivity contribution in [2.45, 2.75) is 33.9 Å². The summed E-state index contributed by atoms with van der Waals surface area (Å²) in [6.45, 7) is 5.39. The molecular weight excluding hydrogens is 324 g/mol.